The van der Waals surface area contributed by atoms with Crippen LogP contribution in [0.1, 0.15) is 12.8 Å². The van der Waals surface area contributed by atoms with Crippen molar-refractivity contribution in [2.45, 2.75) is 18.9 Å². The molecule has 20 heavy (non-hydrogen) atoms. The van der Waals surface area contributed by atoms with Crippen LogP contribution in [0.2, 0.25) is 0 Å². The molecule has 0 spiro atoms. The van der Waals surface area contributed by atoms with E-state index >= 15 is 0 Å². The number of carbonyl (C=O) groups is 1. The predicted molar refractivity (Wildman–Crippen MR) is 79.7 cm³/mol. The number of amides is 1. The summed E-state index contributed by atoms with van der Waals surface area (Å²) in [6.07, 6.45) is 3.65. The topological polar surface area (TPSA) is 45.2 Å². The van der Waals surface area contributed by atoms with Crippen LogP contribution in [0.4, 0.5) is 11.5 Å². The van der Waals surface area contributed by atoms with Crippen LogP contribution in [0.15, 0.2) is 54.7 Å². The van der Waals surface area contributed by atoms with Gasteiger partial charge < -0.3 is 10.2 Å². The Morgan fingerprint density at radius 1 is 1.15 bits per heavy atom. The molecule has 2 aromatic rings. The SMILES string of the molecule is O=C(Nc1ccccc1)C1CCCN1c1ccccn1. The number of benzene rings is 1. The van der Waals surface area contributed by atoms with Crippen LogP contribution < -0.4 is 10.2 Å². The molecule has 1 aromatic carbocycles. The molecule has 1 saturated heterocycles. The third kappa shape index (κ3) is 2.64. The number of hydrogen-bond acceptors (Lipinski definition) is 3. The lowest BCUT2D eigenvalue weighted by Crippen LogP contribution is -2.40. The summed E-state index contributed by atoms with van der Waals surface area (Å²) in [6, 6.07) is 15.2. The number of nitrogens with zero attached hydrogens (tertiary/aromatic N) is 2. The average Bonchev–Trinajstić information content (AvgIpc) is 2.99. The van der Waals surface area contributed by atoms with Gasteiger partial charge >= 0.3 is 0 Å². The van der Waals surface area contributed by atoms with Crippen molar-refractivity contribution in [3.63, 3.8) is 0 Å². The zero-order valence-electron chi connectivity index (χ0n) is 11.2. The maximum atomic E-state index is 12.4. The number of rotatable bonds is 3. The minimum absolute atomic E-state index is 0.0411. The zero-order chi connectivity index (χ0) is 13.8. The van der Waals surface area contributed by atoms with Crippen molar-refractivity contribution in [1.82, 2.24) is 4.98 Å². The van der Waals surface area contributed by atoms with Crippen molar-refractivity contribution in [2.24, 2.45) is 0 Å². The predicted octanol–water partition coefficient (Wildman–Crippen LogP) is 2.69. The van der Waals surface area contributed by atoms with Crippen molar-refractivity contribution in [3.05, 3.63) is 54.7 Å². The minimum atomic E-state index is -0.134. The van der Waals surface area contributed by atoms with Crippen molar-refractivity contribution >= 4 is 17.4 Å². The molecule has 0 bridgehead atoms. The Morgan fingerprint density at radius 3 is 2.70 bits per heavy atom. The summed E-state index contributed by atoms with van der Waals surface area (Å²) in [6.45, 7) is 0.879. The van der Waals surface area contributed by atoms with Gasteiger partial charge in [-0.2, -0.15) is 0 Å². The second-order valence-corrected chi connectivity index (χ2v) is 4.89. The summed E-state index contributed by atoms with van der Waals surface area (Å²) in [5, 5.41) is 2.98. The van der Waals surface area contributed by atoms with Crippen LogP contribution in [-0.2, 0) is 4.79 Å². The van der Waals surface area contributed by atoms with Gasteiger partial charge in [-0.15, -0.1) is 0 Å². The molecule has 4 nitrogen and oxygen atoms in total. The second kappa shape index (κ2) is 5.74. The van der Waals surface area contributed by atoms with Gasteiger partial charge in [0.05, 0.1) is 0 Å². The van der Waals surface area contributed by atoms with Gasteiger partial charge in [0.1, 0.15) is 11.9 Å². The lowest BCUT2D eigenvalue weighted by atomic mass is 10.2. The minimum Gasteiger partial charge on any atom is -0.345 e. The number of anilines is 2. The Morgan fingerprint density at radius 2 is 1.95 bits per heavy atom. The molecule has 0 radical (unpaired) electrons. The van der Waals surface area contributed by atoms with Crippen molar-refractivity contribution < 1.29 is 4.79 Å². The lowest BCUT2D eigenvalue weighted by molar-refractivity contribution is -0.117. The van der Waals surface area contributed by atoms with Gasteiger partial charge in [-0.25, -0.2) is 4.98 Å². The molecule has 1 aliphatic rings. The van der Waals surface area contributed by atoms with Crippen molar-refractivity contribution in [3.8, 4) is 0 Å². The van der Waals surface area contributed by atoms with Gasteiger partial charge in [0, 0.05) is 18.4 Å². The molecule has 4 heteroatoms. The van der Waals surface area contributed by atoms with Gasteiger partial charge in [-0.3, -0.25) is 4.79 Å². The van der Waals surface area contributed by atoms with E-state index in [9.17, 15) is 4.79 Å². The summed E-state index contributed by atoms with van der Waals surface area (Å²) in [5.41, 5.74) is 0.838. The van der Waals surface area contributed by atoms with Crippen LogP contribution >= 0.6 is 0 Å². The molecular formula is C16H17N3O. The lowest BCUT2D eigenvalue weighted by Gasteiger charge is -2.24. The number of hydrogen-bond donors (Lipinski definition) is 1. The molecule has 102 valence electrons. The largest absolute Gasteiger partial charge is 0.345 e. The second-order valence-electron chi connectivity index (χ2n) is 4.89. The van der Waals surface area contributed by atoms with E-state index in [2.05, 4.69) is 15.2 Å². The fourth-order valence-electron chi connectivity index (χ4n) is 2.58. The molecule has 2 heterocycles. The highest BCUT2D eigenvalue weighted by molar-refractivity contribution is 5.97. The Balaban J connectivity index is 1.74. The molecule has 1 N–H and O–H groups in total. The van der Waals surface area contributed by atoms with Crippen LogP contribution in [0.5, 0.6) is 0 Å². The van der Waals surface area contributed by atoms with Gasteiger partial charge in [0.15, 0.2) is 0 Å². The van der Waals surface area contributed by atoms with Gasteiger partial charge in [-0.1, -0.05) is 24.3 Å². The van der Waals surface area contributed by atoms with Gasteiger partial charge in [0.2, 0.25) is 5.91 Å². The fourth-order valence-corrected chi connectivity index (χ4v) is 2.58. The third-order valence-corrected chi connectivity index (χ3v) is 3.54. The Hall–Kier alpha value is -2.36. The molecule has 1 atom stereocenters. The first-order chi connectivity index (χ1) is 9.84. The molecule has 1 unspecified atom stereocenters. The smallest absolute Gasteiger partial charge is 0.247 e. The number of pyridine rings is 1. The van der Waals surface area contributed by atoms with E-state index < -0.39 is 0 Å². The summed E-state index contributed by atoms with van der Waals surface area (Å²) in [4.78, 5) is 18.8. The van der Waals surface area contributed by atoms with Gasteiger partial charge in [0.25, 0.3) is 0 Å². The molecule has 3 rings (SSSR count). The van der Waals surface area contributed by atoms with Crippen LogP contribution in [0.25, 0.3) is 0 Å². The van der Waals surface area contributed by atoms with E-state index in [1.165, 1.54) is 0 Å². The molecule has 1 amide bonds. The summed E-state index contributed by atoms with van der Waals surface area (Å²) >= 11 is 0. The Kier molecular flexibility index (Phi) is 3.63. The van der Waals surface area contributed by atoms with Crippen molar-refractivity contribution in [2.75, 3.05) is 16.8 Å². The quantitative estimate of drug-likeness (QED) is 0.930. The number of para-hydroxylation sites is 1. The monoisotopic (exact) mass is 267 g/mol. The molecule has 1 aromatic heterocycles. The third-order valence-electron chi connectivity index (χ3n) is 3.54. The standard InChI is InChI=1S/C16H17N3O/c20-16(18-13-7-2-1-3-8-13)14-9-6-12-19(14)15-10-4-5-11-17-15/h1-5,7-8,10-11,14H,6,9,12H2,(H,18,20). The molecule has 0 saturated carbocycles. The van der Waals surface area contributed by atoms with E-state index in [0.29, 0.717) is 0 Å². The molecule has 1 aliphatic heterocycles. The first-order valence-corrected chi connectivity index (χ1v) is 6.88. The van der Waals surface area contributed by atoms with E-state index in [1.807, 2.05) is 48.5 Å². The molecular weight excluding hydrogens is 250 g/mol. The first-order valence-electron chi connectivity index (χ1n) is 6.88. The average molecular weight is 267 g/mol. The maximum absolute atomic E-state index is 12.4. The van der Waals surface area contributed by atoms with E-state index in [-0.39, 0.29) is 11.9 Å². The van der Waals surface area contributed by atoms with E-state index in [1.54, 1.807) is 6.20 Å². The normalized spacial score (nSPS) is 18.0. The first kappa shape index (κ1) is 12.7. The summed E-state index contributed by atoms with van der Waals surface area (Å²) < 4.78 is 0. The maximum Gasteiger partial charge on any atom is 0.247 e. The van der Waals surface area contributed by atoms with Crippen molar-refractivity contribution in [1.29, 1.82) is 0 Å². The summed E-state index contributed by atoms with van der Waals surface area (Å²) in [5.74, 6) is 0.914. The summed E-state index contributed by atoms with van der Waals surface area (Å²) in [7, 11) is 0. The van der Waals surface area contributed by atoms with E-state index in [0.717, 1.165) is 30.9 Å². The Bertz CT molecular complexity index is 571. The highest BCUT2D eigenvalue weighted by Gasteiger charge is 2.31. The molecule has 0 aliphatic carbocycles. The van der Waals surface area contributed by atoms with E-state index in [4.69, 9.17) is 0 Å². The molecule has 1 fully saturated rings. The number of aromatic nitrogens is 1. The van der Waals surface area contributed by atoms with Crippen LogP contribution in [-0.4, -0.2) is 23.5 Å². The van der Waals surface area contributed by atoms with Crippen LogP contribution in [0, 0.1) is 0 Å². The highest BCUT2D eigenvalue weighted by Crippen LogP contribution is 2.24. The fraction of sp³-hybridized carbons (Fsp3) is 0.250. The Labute approximate surface area is 118 Å². The number of nitrogens with one attached hydrogen (secondary N) is 1. The van der Waals surface area contributed by atoms with Gasteiger partial charge in [-0.05, 0) is 37.1 Å². The zero-order valence-corrected chi connectivity index (χ0v) is 11.2. The number of carbonyl (C=O) groups excluding carboxylic acids is 1. The van der Waals surface area contributed by atoms with Crippen LogP contribution in [0.3, 0.4) is 0 Å². The highest BCUT2D eigenvalue weighted by atomic mass is 16.2.